The van der Waals surface area contributed by atoms with Crippen molar-refractivity contribution in [2.75, 3.05) is 24.6 Å². The Morgan fingerprint density at radius 3 is 2.67 bits per heavy atom. The lowest BCUT2D eigenvalue weighted by atomic mass is 9.86. The third-order valence-electron chi connectivity index (χ3n) is 5.50. The molecule has 1 aromatic heterocycles. The molecule has 0 N–H and O–H groups in total. The lowest BCUT2D eigenvalue weighted by Gasteiger charge is -2.37. The van der Waals surface area contributed by atoms with Crippen LogP contribution in [0.2, 0.25) is 0 Å². The number of benzene rings is 1. The number of aryl methyl sites for hydroxylation is 2. The van der Waals surface area contributed by atoms with Crippen LogP contribution in [-0.2, 0) is 27.2 Å². The van der Waals surface area contributed by atoms with Crippen LogP contribution >= 0.6 is 0 Å². The van der Waals surface area contributed by atoms with Crippen molar-refractivity contribution in [2.45, 2.75) is 45.4 Å². The Morgan fingerprint density at radius 1 is 1.22 bits per heavy atom. The van der Waals surface area contributed by atoms with E-state index < -0.39 is 17.5 Å². The fourth-order valence-corrected chi connectivity index (χ4v) is 4.47. The number of hydrogen-bond acceptors (Lipinski definition) is 6. The van der Waals surface area contributed by atoms with Gasteiger partial charge in [-0.2, -0.15) is 0 Å². The van der Waals surface area contributed by atoms with E-state index in [4.69, 9.17) is 9.15 Å². The number of ether oxygens (including phenoxy) is 1. The first kappa shape index (κ1) is 17.8. The second kappa shape index (κ2) is 6.83. The van der Waals surface area contributed by atoms with Gasteiger partial charge in [-0.1, -0.05) is 0 Å². The van der Waals surface area contributed by atoms with Crippen molar-refractivity contribution in [3.63, 3.8) is 0 Å². The summed E-state index contributed by atoms with van der Waals surface area (Å²) in [5, 5.41) is 0.681. The van der Waals surface area contributed by atoms with Gasteiger partial charge in [0, 0.05) is 35.8 Å². The SMILES string of the molecule is CCOC(=O)C(C(C)=O)c1cc(=O)oc2c3c4c(cc12)CCCN4CCC3. The molecule has 3 heterocycles. The molecule has 1 unspecified atom stereocenters. The quantitative estimate of drug-likeness (QED) is 0.469. The molecule has 4 rings (SSSR count). The standard InChI is InChI=1S/C21H23NO5/c1-3-26-21(25)18(12(2)23)15-11-17(24)27-20-14-7-5-9-22-8-4-6-13(19(14)22)10-16(15)20/h10-11,18H,3-9H2,1-2H3. The number of carbonyl (C=O) groups is 2. The second-order valence-corrected chi connectivity index (χ2v) is 7.25. The second-order valence-electron chi connectivity index (χ2n) is 7.25. The fraction of sp³-hybridized carbons (Fsp3) is 0.476. The first-order valence-electron chi connectivity index (χ1n) is 9.55. The van der Waals surface area contributed by atoms with Crippen molar-refractivity contribution in [1.82, 2.24) is 0 Å². The van der Waals surface area contributed by atoms with Gasteiger partial charge in [-0.25, -0.2) is 4.79 Å². The van der Waals surface area contributed by atoms with Gasteiger partial charge in [-0.15, -0.1) is 0 Å². The maximum Gasteiger partial charge on any atom is 0.336 e. The van der Waals surface area contributed by atoms with Gasteiger partial charge in [0.1, 0.15) is 17.3 Å². The predicted octanol–water partition coefficient (Wildman–Crippen LogP) is 2.73. The molecule has 0 fully saturated rings. The number of rotatable bonds is 4. The highest BCUT2D eigenvalue weighted by atomic mass is 16.5. The van der Waals surface area contributed by atoms with E-state index in [1.807, 2.05) is 6.07 Å². The minimum atomic E-state index is -1.11. The van der Waals surface area contributed by atoms with Gasteiger partial charge in [0.25, 0.3) is 0 Å². The number of fused-ring (bicyclic) bond motifs is 2. The number of carbonyl (C=O) groups excluding carboxylic acids is 2. The molecule has 1 aromatic carbocycles. The molecule has 0 saturated carbocycles. The van der Waals surface area contributed by atoms with Crippen LogP contribution in [0.15, 0.2) is 21.3 Å². The topological polar surface area (TPSA) is 76.8 Å². The van der Waals surface area contributed by atoms with Gasteiger partial charge in [0.05, 0.1) is 6.61 Å². The monoisotopic (exact) mass is 369 g/mol. The molecule has 142 valence electrons. The van der Waals surface area contributed by atoms with Crippen molar-refractivity contribution in [3.8, 4) is 0 Å². The first-order chi connectivity index (χ1) is 13.0. The van der Waals surface area contributed by atoms with Crippen LogP contribution in [0.25, 0.3) is 11.0 Å². The van der Waals surface area contributed by atoms with E-state index in [0.717, 1.165) is 44.3 Å². The Balaban J connectivity index is 2.01. The highest BCUT2D eigenvalue weighted by molar-refractivity contribution is 6.07. The Bertz CT molecular complexity index is 988. The van der Waals surface area contributed by atoms with Crippen molar-refractivity contribution < 1.29 is 18.7 Å². The Labute approximate surface area is 157 Å². The number of Topliss-reactive ketones (excluding diaryl/α,β-unsaturated/α-hetero) is 1. The van der Waals surface area contributed by atoms with E-state index >= 15 is 0 Å². The zero-order valence-electron chi connectivity index (χ0n) is 15.7. The van der Waals surface area contributed by atoms with Crippen molar-refractivity contribution in [2.24, 2.45) is 0 Å². The third-order valence-corrected chi connectivity index (χ3v) is 5.50. The van der Waals surface area contributed by atoms with Crippen molar-refractivity contribution in [3.05, 3.63) is 39.2 Å². The van der Waals surface area contributed by atoms with E-state index in [2.05, 4.69) is 4.90 Å². The van der Waals surface area contributed by atoms with E-state index in [1.165, 1.54) is 24.2 Å². The molecule has 2 aliphatic heterocycles. The molecule has 1 atom stereocenters. The van der Waals surface area contributed by atoms with Gasteiger partial charge in [0.2, 0.25) is 0 Å². The van der Waals surface area contributed by atoms with Gasteiger partial charge in [-0.05, 0) is 56.7 Å². The molecule has 0 saturated heterocycles. The summed E-state index contributed by atoms with van der Waals surface area (Å²) in [4.78, 5) is 39.4. The Hall–Kier alpha value is -2.63. The summed E-state index contributed by atoms with van der Waals surface area (Å²) in [7, 11) is 0. The average Bonchev–Trinajstić information content (AvgIpc) is 2.63. The van der Waals surface area contributed by atoms with Crippen LogP contribution in [0, 0.1) is 0 Å². The zero-order chi connectivity index (χ0) is 19.1. The largest absolute Gasteiger partial charge is 0.465 e. The molecule has 0 aliphatic carbocycles. The van der Waals surface area contributed by atoms with Crippen LogP contribution < -0.4 is 10.5 Å². The Morgan fingerprint density at radius 2 is 1.96 bits per heavy atom. The molecule has 0 spiro atoms. The maximum absolute atomic E-state index is 12.5. The molecule has 2 aliphatic rings. The summed E-state index contributed by atoms with van der Waals surface area (Å²) in [6, 6.07) is 3.27. The third kappa shape index (κ3) is 2.93. The molecule has 2 aromatic rings. The fourth-order valence-electron chi connectivity index (χ4n) is 4.47. The normalized spacial score (nSPS) is 16.7. The highest BCUT2D eigenvalue weighted by Crippen LogP contribution is 2.41. The summed E-state index contributed by atoms with van der Waals surface area (Å²) in [6.07, 6.45) is 3.83. The molecule has 0 radical (unpaired) electrons. The number of ketones is 1. The van der Waals surface area contributed by atoms with Crippen LogP contribution in [0.3, 0.4) is 0 Å². The minimum absolute atomic E-state index is 0.178. The highest BCUT2D eigenvalue weighted by Gasteiger charge is 2.33. The van der Waals surface area contributed by atoms with Gasteiger partial charge >= 0.3 is 11.6 Å². The van der Waals surface area contributed by atoms with Crippen LogP contribution in [-0.4, -0.2) is 31.4 Å². The summed E-state index contributed by atoms with van der Waals surface area (Å²) in [5.41, 5.74) is 3.77. The molecule has 6 nitrogen and oxygen atoms in total. The van der Waals surface area contributed by atoms with Gasteiger partial charge < -0.3 is 14.1 Å². The molecule has 0 amide bonds. The van der Waals surface area contributed by atoms with Gasteiger partial charge in [0.15, 0.2) is 0 Å². The molecule has 0 bridgehead atoms. The van der Waals surface area contributed by atoms with E-state index in [-0.39, 0.29) is 12.4 Å². The summed E-state index contributed by atoms with van der Waals surface area (Å²) in [5.74, 6) is -2.07. The maximum atomic E-state index is 12.5. The van der Waals surface area contributed by atoms with Crippen molar-refractivity contribution in [1.29, 1.82) is 0 Å². The van der Waals surface area contributed by atoms with Gasteiger partial charge in [-0.3, -0.25) is 9.59 Å². The van der Waals surface area contributed by atoms with E-state index in [0.29, 0.717) is 16.5 Å². The van der Waals surface area contributed by atoms with Crippen LogP contribution in [0.1, 0.15) is 49.3 Å². The Kier molecular flexibility index (Phi) is 4.50. The van der Waals surface area contributed by atoms with Crippen LogP contribution in [0.4, 0.5) is 5.69 Å². The van der Waals surface area contributed by atoms with Crippen LogP contribution in [0.5, 0.6) is 0 Å². The number of nitrogens with zero attached hydrogens (tertiary/aromatic N) is 1. The lowest BCUT2D eigenvalue weighted by Crippen LogP contribution is -2.34. The van der Waals surface area contributed by atoms with Crippen molar-refractivity contribution >= 4 is 28.4 Å². The van der Waals surface area contributed by atoms with E-state index in [1.54, 1.807) is 6.92 Å². The summed E-state index contributed by atoms with van der Waals surface area (Å²) < 4.78 is 10.7. The van der Waals surface area contributed by atoms with E-state index in [9.17, 15) is 14.4 Å². The first-order valence-corrected chi connectivity index (χ1v) is 9.55. The number of esters is 1. The molecular formula is C21H23NO5. The number of anilines is 1. The summed E-state index contributed by atoms with van der Waals surface area (Å²) in [6.45, 7) is 5.24. The predicted molar refractivity (Wildman–Crippen MR) is 101 cm³/mol. The summed E-state index contributed by atoms with van der Waals surface area (Å²) >= 11 is 0. The minimum Gasteiger partial charge on any atom is -0.465 e. The average molecular weight is 369 g/mol. The molecule has 6 heteroatoms. The lowest BCUT2D eigenvalue weighted by molar-refractivity contribution is -0.147. The number of hydrogen-bond donors (Lipinski definition) is 0. The molecule has 27 heavy (non-hydrogen) atoms. The molecular weight excluding hydrogens is 346 g/mol. The smallest absolute Gasteiger partial charge is 0.336 e. The zero-order valence-corrected chi connectivity index (χ0v) is 15.7.